The van der Waals surface area contributed by atoms with Gasteiger partial charge in [-0.3, -0.25) is 0 Å². The summed E-state index contributed by atoms with van der Waals surface area (Å²) < 4.78 is 5.78. The number of nitrogens with two attached hydrogens (primary N) is 2. The van der Waals surface area contributed by atoms with Crippen molar-refractivity contribution in [1.82, 2.24) is 0 Å². The molecule has 2 aromatic carbocycles. The molecule has 0 atom stereocenters. The third-order valence-electron chi connectivity index (χ3n) is 2.59. The highest BCUT2D eigenvalue weighted by atomic mass is 16.5. The highest BCUT2D eigenvalue weighted by Crippen LogP contribution is 2.27. The van der Waals surface area contributed by atoms with Crippen molar-refractivity contribution in [1.29, 1.82) is 0 Å². The smallest absolute Gasteiger partial charge is 0.131 e. The molecule has 0 saturated carbocycles. The molecule has 1 radical (unpaired) electrons. The molecule has 17 heavy (non-hydrogen) atoms. The van der Waals surface area contributed by atoms with Crippen LogP contribution in [-0.4, -0.2) is 0 Å². The van der Waals surface area contributed by atoms with Crippen molar-refractivity contribution in [3.63, 3.8) is 0 Å². The van der Waals surface area contributed by atoms with E-state index in [9.17, 15) is 0 Å². The molecule has 2 rings (SSSR count). The van der Waals surface area contributed by atoms with Gasteiger partial charge in [0.25, 0.3) is 0 Å². The first kappa shape index (κ1) is 11.5. The standard InChI is InChI=1S/C14H15N2O/c1-10-8-12(6-7-13(10)16)17-14-5-3-2-4-11(14)9-15/h3-8H,9,15-16H2,1H3. The maximum Gasteiger partial charge on any atom is 0.131 e. The van der Waals surface area contributed by atoms with Gasteiger partial charge in [0.2, 0.25) is 0 Å². The molecular formula is C14H15N2O. The quantitative estimate of drug-likeness (QED) is 0.792. The fourth-order valence-electron chi connectivity index (χ4n) is 1.55. The zero-order valence-electron chi connectivity index (χ0n) is 9.73. The van der Waals surface area contributed by atoms with E-state index < -0.39 is 0 Å². The second-order valence-corrected chi connectivity index (χ2v) is 3.86. The lowest BCUT2D eigenvalue weighted by atomic mass is 10.2. The van der Waals surface area contributed by atoms with E-state index in [0.717, 1.165) is 28.3 Å². The van der Waals surface area contributed by atoms with Crippen LogP contribution in [0, 0.1) is 13.0 Å². The minimum Gasteiger partial charge on any atom is -0.457 e. The van der Waals surface area contributed by atoms with Gasteiger partial charge in [0.05, 0.1) is 0 Å². The zero-order chi connectivity index (χ0) is 12.3. The van der Waals surface area contributed by atoms with Crippen LogP contribution in [0.25, 0.3) is 0 Å². The summed E-state index contributed by atoms with van der Waals surface area (Å²) in [5.41, 5.74) is 14.1. The Bertz CT molecular complexity index is 523. The lowest BCUT2D eigenvalue weighted by molar-refractivity contribution is 0.476. The van der Waals surface area contributed by atoms with Gasteiger partial charge in [0.15, 0.2) is 0 Å². The van der Waals surface area contributed by atoms with Crippen LogP contribution in [0.4, 0.5) is 5.69 Å². The topological polar surface area (TPSA) is 61.3 Å². The van der Waals surface area contributed by atoms with Crippen molar-refractivity contribution < 1.29 is 4.74 Å². The average Bonchev–Trinajstić information content (AvgIpc) is 2.34. The van der Waals surface area contributed by atoms with Crippen LogP contribution in [0.3, 0.4) is 0 Å². The molecule has 0 heterocycles. The van der Waals surface area contributed by atoms with E-state index in [4.69, 9.17) is 16.2 Å². The Kier molecular flexibility index (Phi) is 3.30. The SMILES string of the molecule is Cc1cc(Oc2cc[c]cc2CN)ccc1N. The minimum absolute atomic E-state index is 0.431. The summed E-state index contributed by atoms with van der Waals surface area (Å²) in [5, 5.41) is 0. The molecule has 3 nitrogen and oxygen atoms in total. The van der Waals surface area contributed by atoms with Gasteiger partial charge in [0, 0.05) is 17.8 Å². The largest absolute Gasteiger partial charge is 0.457 e. The molecule has 0 spiro atoms. The lowest BCUT2D eigenvalue weighted by Gasteiger charge is -2.10. The molecule has 2 aromatic rings. The monoisotopic (exact) mass is 227 g/mol. The minimum atomic E-state index is 0.431. The van der Waals surface area contributed by atoms with Gasteiger partial charge in [0.1, 0.15) is 11.5 Å². The molecule has 0 saturated heterocycles. The number of ether oxygens (including phenoxy) is 1. The van der Waals surface area contributed by atoms with Crippen LogP contribution in [0.15, 0.2) is 36.4 Å². The molecule has 0 bridgehead atoms. The number of aryl methyl sites for hydroxylation is 1. The molecule has 0 fully saturated rings. The summed E-state index contributed by atoms with van der Waals surface area (Å²) in [6, 6.07) is 14.1. The first-order chi connectivity index (χ1) is 8.20. The molecule has 0 aliphatic carbocycles. The van der Waals surface area contributed by atoms with Crippen molar-refractivity contribution in [3.8, 4) is 11.5 Å². The van der Waals surface area contributed by atoms with Gasteiger partial charge < -0.3 is 16.2 Å². The Labute approximate surface area is 101 Å². The van der Waals surface area contributed by atoms with Gasteiger partial charge >= 0.3 is 0 Å². The van der Waals surface area contributed by atoms with Crippen molar-refractivity contribution in [2.45, 2.75) is 13.5 Å². The first-order valence-electron chi connectivity index (χ1n) is 5.43. The van der Waals surface area contributed by atoms with E-state index in [1.54, 1.807) is 6.07 Å². The zero-order valence-corrected chi connectivity index (χ0v) is 9.73. The number of nitrogen functional groups attached to an aromatic ring is 1. The molecule has 0 unspecified atom stereocenters. The first-order valence-corrected chi connectivity index (χ1v) is 5.43. The van der Waals surface area contributed by atoms with Crippen molar-refractivity contribution >= 4 is 5.69 Å². The van der Waals surface area contributed by atoms with Gasteiger partial charge in [-0.2, -0.15) is 0 Å². The van der Waals surface area contributed by atoms with Crippen LogP contribution >= 0.6 is 0 Å². The van der Waals surface area contributed by atoms with E-state index in [0.29, 0.717) is 6.54 Å². The van der Waals surface area contributed by atoms with Crippen LogP contribution in [0.5, 0.6) is 11.5 Å². The van der Waals surface area contributed by atoms with Crippen molar-refractivity contribution in [3.05, 3.63) is 53.6 Å². The molecule has 87 valence electrons. The normalized spacial score (nSPS) is 10.2. The Morgan fingerprint density at radius 1 is 1.29 bits per heavy atom. The second kappa shape index (κ2) is 4.89. The Balaban J connectivity index is 2.28. The number of hydrogen-bond donors (Lipinski definition) is 2. The molecule has 4 N–H and O–H groups in total. The molecule has 0 aliphatic heterocycles. The van der Waals surface area contributed by atoms with Crippen LogP contribution in [0.2, 0.25) is 0 Å². The maximum atomic E-state index is 5.78. The fourth-order valence-corrected chi connectivity index (χ4v) is 1.55. The number of anilines is 1. The van der Waals surface area contributed by atoms with Gasteiger partial charge in [-0.15, -0.1) is 0 Å². The fraction of sp³-hybridized carbons (Fsp3) is 0.143. The van der Waals surface area contributed by atoms with E-state index in [1.807, 2.05) is 37.3 Å². The summed E-state index contributed by atoms with van der Waals surface area (Å²) in [5.74, 6) is 1.52. The highest BCUT2D eigenvalue weighted by molar-refractivity contribution is 5.50. The molecular weight excluding hydrogens is 212 g/mol. The summed E-state index contributed by atoms with van der Waals surface area (Å²) in [4.78, 5) is 0. The number of hydrogen-bond acceptors (Lipinski definition) is 3. The molecule has 0 amide bonds. The lowest BCUT2D eigenvalue weighted by Crippen LogP contribution is -1.99. The number of benzene rings is 2. The third-order valence-corrected chi connectivity index (χ3v) is 2.59. The predicted octanol–water partition coefficient (Wildman–Crippen LogP) is 2.63. The third kappa shape index (κ3) is 2.57. The van der Waals surface area contributed by atoms with Crippen LogP contribution in [-0.2, 0) is 6.54 Å². The summed E-state index contributed by atoms with van der Waals surface area (Å²) in [7, 11) is 0. The van der Waals surface area contributed by atoms with Crippen LogP contribution < -0.4 is 16.2 Å². The van der Waals surface area contributed by atoms with Crippen molar-refractivity contribution in [2.75, 3.05) is 5.73 Å². The van der Waals surface area contributed by atoms with Gasteiger partial charge in [-0.05, 0) is 48.9 Å². The second-order valence-electron chi connectivity index (χ2n) is 3.86. The van der Waals surface area contributed by atoms with Gasteiger partial charge in [-0.1, -0.05) is 6.07 Å². The van der Waals surface area contributed by atoms with E-state index in [1.165, 1.54) is 0 Å². The van der Waals surface area contributed by atoms with Crippen molar-refractivity contribution in [2.24, 2.45) is 5.73 Å². The molecule has 3 heteroatoms. The van der Waals surface area contributed by atoms with E-state index in [-0.39, 0.29) is 0 Å². The number of rotatable bonds is 3. The van der Waals surface area contributed by atoms with Gasteiger partial charge in [-0.25, -0.2) is 0 Å². The molecule has 0 aromatic heterocycles. The predicted molar refractivity (Wildman–Crippen MR) is 68.8 cm³/mol. The Morgan fingerprint density at radius 2 is 2.12 bits per heavy atom. The summed E-state index contributed by atoms with van der Waals surface area (Å²) in [6.45, 7) is 2.38. The van der Waals surface area contributed by atoms with E-state index in [2.05, 4.69) is 6.07 Å². The maximum absolute atomic E-state index is 5.78. The summed E-state index contributed by atoms with van der Waals surface area (Å²) in [6.07, 6.45) is 0. The Hall–Kier alpha value is -2.00. The highest BCUT2D eigenvalue weighted by Gasteiger charge is 2.03. The summed E-state index contributed by atoms with van der Waals surface area (Å²) >= 11 is 0. The Morgan fingerprint density at radius 3 is 2.82 bits per heavy atom. The van der Waals surface area contributed by atoms with E-state index >= 15 is 0 Å². The average molecular weight is 227 g/mol. The van der Waals surface area contributed by atoms with Crippen LogP contribution in [0.1, 0.15) is 11.1 Å². The molecule has 0 aliphatic rings.